The Morgan fingerprint density at radius 1 is 1.21 bits per heavy atom. The summed E-state index contributed by atoms with van der Waals surface area (Å²) in [6.45, 7) is 2.38. The summed E-state index contributed by atoms with van der Waals surface area (Å²) in [6.07, 6.45) is 3.06. The lowest BCUT2D eigenvalue weighted by molar-refractivity contribution is 0.316. The van der Waals surface area contributed by atoms with E-state index in [0.717, 1.165) is 22.7 Å². The minimum Gasteiger partial charge on any atom is -0.316 e. The van der Waals surface area contributed by atoms with Gasteiger partial charge in [-0.25, -0.2) is 22.8 Å². The number of benzene rings is 1. The molecular formula is C20H21FN4O2S2. The van der Waals surface area contributed by atoms with E-state index in [0.29, 0.717) is 31.5 Å². The Bertz CT molecular complexity index is 1100. The lowest BCUT2D eigenvalue weighted by Crippen LogP contribution is -2.38. The first-order chi connectivity index (χ1) is 13.9. The van der Waals surface area contributed by atoms with E-state index >= 15 is 0 Å². The van der Waals surface area contributed by atoms with Crippen LogP contribution in [-0.4, -0.2) is 35.8 Å². The van der Waals surface area contributed by atoms with Crippen molar-refractivity contribution in [3.8, 4) is 0 Å². The molecule has 0 saturated carbocycles. The van der Waals surface area contributed by atoms with Crippen molar-refractivity contribution >= 4 is 32.3 Å². The Hall–Kier alpha value is -2.36. The molecule has 3 aromatic rings. The third-order valence-corrected chi connectivity index (χ3v) is 7.67. The average molecular weight is 433 g/mol. The van der Waals surface area contributed by atoms with Crippen LogP contribution < -0.4 is 5.32 Å². The molecule has 0 radical (unpaired) electrons. The molecule has 0 aliphatic carbocycles. The van der Waals surface area contributed by atoms with E-state index in [9.17, 15) is 12.8 Å². The maximum Gasteiger partial charge on any atom is 0.243 e. The van der Waals surface area contributed by atoms with Gasteiger partial charge in [-0.1, -0.05) is 12.1 Å². The van der Waals surface area contributed by atoms with E-state index in [4.69, 9.17) is 0 Å². The highest BCUT2D eigenvalue weighted by molar-refractivity contribution is 7.89. The van der Waals surface area contributed by atoms with E-state index in [1.807, 2.05) is 23.6 Å². The molecule has 6 nitrogen and oxygen atoms in total. The third kappa shape index (κ3) is 4.31. The highest BCUT2D eigenvalue weighted by atomic mass is 32.2. The number of nitrogens with zero attached hydrogens (tertiary/aromatic N) is 3. The van der Waals surface area contributed by atoms with Crippen LogP contribution in [0.3, 0.4) is 0 Å². The fraction of sp³-hybridized carbons (Fsp3) is 0.300. The molecular weight excluding hydrogens is 411 g/mol. The van der Waals surface area contributed by atoms with Crippen LogP contribution in [0.15, 0.2) is 52.9 Å². The number of rotatable bonds is 5. The van der Waals surface area contributed by atoms with Gasteiger partial charge in [-0.05, 0) is 49.6 Å². The zero-order valence-corrected chi connectivity index (χ0v) is 17.5. The number of pyridine rings is 1. The lowest BCUT2D eigenvalue weighted by Gasteiger charge is -2.31. The van der Waals surface area contributed by atoms with Gasteiger partial charge in [-0.2, -0.15) is 4.31 Å². The Morgan fingerprint density at radius 3 is 2.69 bits per heavy atom. The van der Waals surface area contributed by atoms with Crippen molar-refractivity contribution in [2.75, 3.05) is 18.4 Å². The number of hydrogen-bond donors (Lipinski definition) is 1. The zero-order valence-electron chi connectivity index (χ0n) is 15.9. The van der Waals surface area contributed by atoms with E-state index in [2.05, 4.69) is 15.3 Å². The largest absolute Gasteiger partial charge is 0.316 e. The van der Waals surface area contributed by atoms with Gasteiger partial charge in [0, 0.05) is 36.3 Å². The number of sulfonamides is 1. The maximum absolute atomic E-state index is 13.8. The summed E-state index contributed by atoms with van der Waals surface area (Å²) >= 11 is 1.50. The highest BCUT2D eigenvalue weighted by Gasteiger charge is 2.30. The zero-order chi connectivity index (χ0) is 20.4. The van der Waals surface area contributed by atoms with E-state index < -0.39 is 15.8 Å². The Balaban J connectivity index is 1.44. The Labute approximate surface area is 173 Å². The van der Waals surface area contributed by atoms with Gasteiger partial charge < -0.3 is 5.32 Å². The van der Waals surface area contributed by atoms with Crippen molar-refractivity contribution in [2.45, 2.75) is 30.6 Å². The van der Waals surface area contributed by atoms with Crippen LogP contribution in [0.2, 0.25) is 0 Å². The van der Waals surface area contributed by atoms with Crippen LogP contribution >= 0.6 is 11.3 Å². The van der Waals surface area contributed by atoms with E-state index in [-0.39, 0.29) is 10.8 Å². The summed E-state index contributed by atoms with van der Waals surface area (Å²) in [7, 11) is -3.70. The monoisotopic (exact) mass is 432 g/mol. The van der Waals surface area contributed by atoms with Gasteiger partial charge in [0.1, 0.15) is 11.6 Å². The number of aryl methyl sites for hydroxylation is 1. The number of piperidine rings is 1. The van der Waals surface area contributed by atoms with Crippen LogP contribution in [0.5, 0.6) is 0 Å². The maximum atomic E-state index is 13.8. The second-order valence-electron chi connectivity index (χ2n) is 7.00. The van der Waals surface area contributed by atoms with Crippen LogP contribution in [0.1, 0.15) is 30.0 Å². The number of halogens is 1. The predicted octanol–water partition coefficient (Wildman–Crippen LogP) is 4.30. The minimum absolute atomic E-state index is 0.00632. The molecule has 2 aromatic heterocycles. The molecule has 1 fully saturated rings. The van der Waals surface area contributed by atoms with Crippen LogP contribution in [0.4, 0.5) is 15.3 Å². The molecule has 9 heteroatoms. The molecule has 1 aromatic carbocycles. The molecule has 3 heterocycles. The summed E-state index contributed by atoms with van der Waals surface area (Å²) in [5.74, 6) is 0.395. The highest BCUT2D eigenvalue weighted by Crippen LogP contribution is 2.31. The normalized spacial score (nSPS) is 16.1. The fourth-order valence-corrected chi connectivity index (χ4v) is 5.44. The molecule has 4 rings (SSSR count). The molecule has 0 unspecified atom stereocenters. The molecule has 1 aliphatic rings. The van der Waals surface area contributed by atoms with Gasteiger partial charge in [0.2, 0.25) is 10.0 Å². The quantitative estimate of drug-likeness (QED) is 0.651. The first-order valence-electron chi connectivity index (χ1n) is 9.33. The molecule has 1 N–H and O–H groups in total. The van der Waals surface area contributed by atoms with Crippen molar-refractivity contribution in [3.05, 3.63) is 65.0 Å². The van der Waals surface area contributed by atoms with Gasteiger partial charge in [0.05, 0.1) is 4.90 Å². The van der Waals surface area contributed by atoms with Crippen molar-refractivity contribution < 1.29 is 12.8 Å². The number of hydrogen-bond acceptors (Lipinski definition) is 6. The SMILES string of the molecule is Cc1ccc(S(=O)(=O)N2CCC(c3cccc(Nc4nccs4)n3)CC2)cc1F. The van der Waals surface area contributed by atoms with Gasteiger partial charge in [-0.3, -0.25) is 0 Å². The van der Waals surface area contributed by atoms with Crippen molar-refractivity contribution in [3.63, 3.8) is 0 Å². The lowest BCUT2D eigenvalue weighted by atomic mass is 9.94. The summed E-state index contributed by atoms with van der Waals surface area (Å²) in [5, 5.41) is 5.85. The second kappa shape index (κ2) is 8.17. The molecule has 1 aliphatic heterocycles. The van der Waals surface area contributed by atoms with Gasteiger partial charge in [0.15, 0.2) is 5.13 Å². The van der Waals surface area contributed by atoms with Crippen LogP contribution in [0, 0.1) is 12.7 Å². The number of aromatic nitrogens is 2. The summed E-state index contributed by atoms with van der Waals surface area (Å²) < 4.78 is 41.0. The topological polar surface area (TPSA) is 75.2 Å². The predicted molar refractivity (Wildman–Crippen MR) is 112 cm³/mol. The number of nitrogens with one attached hydrogen (secondary N) is 1. The first kappa shape index (κ1) is 19.9. The molecule has 29 heavy (non-hydrogen) atoms. The molecule has 0 atom stereocenters. The summed E-state index contributed by atoms with van der Waals surface area (Å²) in [5.41, 5.74) is 1.37. The summed E-state index contributed by atoms with van der Waals surface area (Å²) in [6, 6.07) is 9.87. The Kier molecular flexibility index (Phi) is 5.62. The van der Waals surface area contributed by atoms with Crippen LogP contribution in [0.25, 0.3) is 0 Å². The van der Waals surface area contributed by atoms with Gasteiger partial charge in [0.25, 0.3) is 0 Å². The van der Waals surface area contributed by atoms with Crippen molar-refractivity contribution in [1.29, 1.82) is 0 Å². The average Bonchev–Trinajstić information content (AvgIpc) is 3.23. The third-order valence-electron chi connectivity index (χ3n) is 5.09. The van der Waals surface area contributed by atoms with E-state index in [1.165, 1.54) is 27.8 Å². The number of thiazole rings is 1. The Morgan fingerprint density at radius 2 is 2.00 bits per heavy atom. The molecule has 152 valence electrons. The smallest absolute Gasteiger partial charge is 0.243 e. The molecule has 0 bridgehead atoms. The number of anilines is 2. The van der Waals surface area contributed by atoms with Crippen molar-refractivity contribution in [1.82, 2.24) is 14.3 Å². The molecule has 0 spiro atoms. The standard InChI is InChI=1S/C20H21FN4O2S2/c1-14-5-6-16(13-17(14)21)29(26,27)25-10-7-15(8-11-25)18-3-2-4-19(23-18)24-20-22-9-12-28-20/h2-6,9,12-13,15H,7-8,10-11H2,1H3,(H,22,23,24). The summed E-state index contributed by atoms with van der Waals surface area (Å²) in [4.78, 5) is 8.88. The molecule has 0 amide bonds. The molecule has 1 saturated heterocycles. The van der Waals surface area contributed by atoms with Gasteiger partial charge >= 0.3 is 0 Å². The minimum atomic E-state index is -3.70. The fourth-order valence-electron chi connectivity index (χ4n) is 3.42. The van der Waals surface area contributed by atoms with E-state index in [1.54, 1.807) is 13.1 Å². The second-order valence-corrected chi connectivity index (χ2v) is 9.83. The first-order valence-corrected chi connectivity index (χ1v) is 11.7. The van der Waals surface area contributed by atoms with Crippen LogP contribution in [-0.2, 0) is 10.0 Å². The van der Waals surface area contributed by atoms with Gasteiger partial charge in [-0.15, -0.1) is 11.3 Å². The van der Waals surface area contributed by atoms with Crippen molar-refractivity contribution in [2.24, 2.45) is 0 Å².